The Hall–Kier alpha value is 0.0700. The molecule has 1 saturated carbocycles. The molecule has 84 valence electrons. The van der Waals surface area contributed by atoms with Gasteiger partial charge < -0.3 is 19.3 Å². The van der Waals surface area contributed by atoms with E-state index in [0.29, 0.717) is 26.1 Å². The van der Waals surface area contributed by atoms with Crippen molar-refractivity contribution in [3.63, 3.8) is 0 Å². The minimum Gasteiger partial charge on any atom is -0.379 e. The fourth-order valence-corrected chi connectivity index (χ4v) is 2.59. The van der Waals surface area contributed by atoms with E-state index in [0.717, 1.165) is 6.42 Å². The summed E-state index contributed by atoms with van der Waals surface area (Å²) in [5, 5.41) is -1.20. The van der Waals surface area contributed by atoms with E-state index >= 15 is 0 Å². The van der Waals surface area contributed by atoms with Gasteiger partial charge in [-0.25, -0.2) is 0 Å². The molecular formula is C8H17O5P. The first kappa shape index (κ1) is 12.1. The number of rotatable bonds is 6. The van der Waals surface area contributed by atoms with E-state index < -0.39 is 12.9 Å². The molecule has 0 radical (unpaired) electrons. The number of hydrogen-bond donors (Lipinski definition) is 2. The fraction of sp³-hybridized carbons (Fsp3) is 1.00. The zero-order valence-electron chi connectivity index (χ0n) is 8.31. The highest BCUT2D eigenvalue weighted by Gasteiger charge is 2.52. The maximum Gasteiger partial charge on any atom is 0.357 e. The summed E-state index contributed by atoms with van der Waals surface area (Å²) in [6, 6.07) is 0. The molecule has 1 rings (SSSR count). The Balaban J connectivity index is 2.35. The first-order chi connectivity index (χ1) is 6.52. The Morgan fingerprint density at radius 3 is 2.36 bits per heavy atom. The summed E-state index contributed by atoms with van der Waals surface area (Å²) >= 11 is 0. The van der Waals surface area contributed by atoms with Crippen molar-refractivity contribution in [2.24, 2.45) is 0 Å². The van der Waals surface area contributed by atoms with E-state index in [1.54, 1.807) is 0 Å². The molecule has 1 aliphatic carbocycles. The highest BCUT2D eigenvalue weighted by Crippen LogP contribution is 2.61. The highest BCUT2D eigenvalue weighted by atomic mass is 31.2. The third kappa shape index (κ3) is 2.55. The van der Waals surface area contributed by atoms with Crippen molar-refractivity contribution in [1.29, 1.82) is 0 Å². The topological polar surface area (TPSA) is 76.0 Å². The third-order valence-electron chi connectivity index (χ3n) is 2.47. The van der Waals surface area contributed by atoms with Crippen molar-refractivity contribution in [2.45, 2.75) is 31.5 Å². The first-order valence-electron chi connectivity index (χ1n) is 4.79. The molecule has 0 heterocycles. The lowest BCUT2D eigenvalue weighted by Crippen LogP contribution is -2.40. The Labute approximate surface area is 83.6 Å². The quantitative estimate of drug-likeness (QED) is 0.522. The van der Waals surface area contributed by atoms with Crippen LogP contribution in [-0.4, -0.2) is 34.9 Å². The van der Waals surface area contributed by atoms with E-state index in [1.807, 2.05) is 6.92 Å². The zero-order chi connectivity index (χ0) is 10.7. The molecule has 0 saturated heterocycles. The molecule has 6 heteroatoms. The van der Waals surface area contributed by atoms with Gasteiger partial charge in [0.15, 0.2) is 5.34 Å². The van der Waals surface area contributed by atoms with E-state index in [-0.39, 0.29) is 6.61 Å². The van der Waals surface area contributed by atoms with Crippen molar-refractivity contribution in [3.05, 3.63) is 0 Å². The minimum absolute atomic E-state index is 0.249. The second-order valence-corrected chi connectivity index (χ2v) is 5.29. The number of ether oxygens (including phenoxy) is 2. The largest absolute Gasteiger partial charge is 0.379 e. The predicted octanol–water partition coefficient (Wildman–Crippen LogP) is 1.10. The summed E-state index contributed by atoms with van der Waals surface area (Å²) in [6.07, 6.45) is 1.71. The average Bonchev–Trinajstić information content (AvgIpc) is 1.98. The predicted molar refractivity (Wildman–Crippen MR) is 51.1 cm³/mol. The van der Waals surface area contributed by atoms with Gasteiger partial charge in [0.05, 0.1) is 13.2 Å². The molecule has 0 spiro atoms. The minimum atomic E-state index is -4.13. The van der Waals surface area contributed by atoms with Crippen LogP contribution in [0.2, 0.25) is 0 Å². The van der Waals surface area contributed by atoms with Crippen LogP contribution >= 0.6 is 7.60 Å². The summed E-state index contributed by atoms with van der Waals surface area (Å²) in [5.74, 6) is 0. The van der Waals surface area contributed by atoms with Crippen LogP contribution in [0.5, 0.6) is 0 Å². The van der Waals surface area contributed by atoms with Crippen molar-refractivity contribution < 1.29 is 23.8 Å². The van der Waals surface area contributed by atoms with Gasteiger partial charge in [-0.1, -0.05) is 0 Å². The van der Waals surface area contributed by atoms with Gasteiger partial charge in [-0.05, 0) is 26.2 Å². The van der Waals surface area contributed by atoms with Gasteiger partial charge in [0.25, 0.3) is 0 Å². The molecule has 0 aliphatic heterocycles. The lowest BCUT2D eigenvalue weighted by Gasteiger charge is -2.41. The second-order valence-electron chi connectivity index (χ2n) is 3.39. The van der Waals surface area contributed by atoms with Crippen LogP contribution in [0.25, 0.3) is 0 Å². The monoisotopic (exact) mass is 224 g/mol. The van der Waals surface area contributed by atoms with E-state index in [4.69, 9.17) is 19.3 Å². The highest BCUT2D eigenvalue weighted by molar-refractivity contribution is 7.53. The molecule has 2 N–H and O–H groups in total. The van der Waals surface area contributed by atoms with Crippen molar-refractivity contribution in [1.82, 2.24) is 0 Å². The number of hydrogen-bond acceptors (Lipinski definition) is 3. The van der Waals surface area contributed by atoms with Crippen LogP contribution < -0.4 is 0 Å². The molecule has 0 aromatic rings. The van der Waals surface area contributed by atoms with Gasteiger partial charge in [0, 0.05) is 6.61 Å². The first-order valence-corrected chi connectivity index (χ1v) is 6.40. The van der Waals surface area contributed by atoms with Gasteiger partial charge in [-0.15, -0.1) is 0 Å². The van der Waals surface area contributed by atoms with E-state index in [2.05, 4.69) is 0 Å². The average molecular weight is 224 g/mol. The Morgan fingerprint density at radius 1 is 1.36 bits per heavy atom. The summed E-state index contributed by atoms with van der Waals surface area (Å²) in [7, 11) is -4.13. The normalized spacial score (nSPS) is 20.5. The molecule has 1 fully saturated rings. The van der Waals surface area contributed by atoms with E-state index in [1.165, 1.54) is 0 Å². The molecule has 0 bridgehead atoms. The van der Waals surface area contributed by atoms with Gasteiger partial charge in [0.2, 0.25) is 0 Å². The van der Waals surface area contributed by atoms with Crippen molar-refractivity contribution in [2.75, 3.05) is 19.8 Å². The molecule has 0 unspecified atom stereocenters. The molecule has 5 nitrogen and oxygen atoms in total. The molecule has 0 aromatic heterocycles. The summed E-state index contributed by atoms with van der Waals surface area (Å²) in [4.78, 5) is 18.2. The zero-order valence-corrected chi connectivity index (χ0v) is 9.20. The van der Waals surface area contributed by atoms with Gasteiger partial charge in [-0.3, -0.25) is 4.57 Å². The standard InChI is InChI=1S/C8H17O5P/c1-2-12-6-7-13-8(4-3-5-8)14(9,10)11/h2-7H2,1H3,(H2,9,10,11). The van der Waals surface area contributed by atoms with E-state index in [9.17, 15) is 4.57 Å². The van der Waals surface area contributed by atoms with Crippen LogP contribution in [-0.2, 0) is 14.0 Å². The second kappa shape index (κ2) is 4.73. The van der Waals surface area contributed by atoms with Gasteiger partial charge in [-0.2, -0.15) is 0 Å². The van der Waals surface area contributed by atoms with Crippen LogP contribution in [0.1, 0.15) is 26.2 Å². The smallest absolute Gasteiger partial charge is 0.357 e. The Morgan fingerprint density at radius 2 is 2.00 bits per heavy atom. The summed E-state index contributed by atoms with van der Waals surface area (Å²) < 4.78 is 21.4. The maximum absolute atomic E-state index is 11.1. The van der Waals surface area contributed by atoms with Crippen LogP contribution in [0.4, 0.5) is 0 Å². The van der Waals surface area contributed by atoms with Gasteiger partial charge in [0.1, 0.15) is 0 Å². The summed E-state index contributed by atoms with van der Waals surface area (Å²) in [5.41, 5.74) is 0. The lowest BCUT2D eigenvalue weighted by atomic mass is 9.95. The summed E-state index contributed by atoms with van der Waals surface area (Å²) in [6.45, 7) is 3.09. The SMILES string of the molecule is CCOCCOC1(P(=O)(O)O)CCC1. The van der Waals surface area contributed by atoms with Crippen LogP contribution in [0.15, 0.2) is 0 Å². The fourth-order valence-electron chi connectivity index (χ4n) is 1.43. The Kier molecular flexibility index (Phi) is 4.10. The molecule has 14 heavy (non-hydrogen) atoms. The third-order valence-corrected chi connectivity index (χ3v) is 4.11. The van der Waals surface area contributed by atoms with Crippen molar-refractivity contribution >= 4 is 7.60 Å². The van der Waals surface area contributed by atoms with Crippen LogP contribution in [0.3, 0.4) is 0 Å². The maximum atomic E-state index is 11.1. The molecule has 0 atom stereocenters. The molecular weight excluding hydrogens is 207 g/mol. The van der Waals surface area contributed by atoms with Gasteiger partial charge >= 0.3 is 7.60 Å². The molecule has 1 aliphatic rings. The molecule has 0 aromatic carbocycles. The van der Waals surface area contributed by atoms with Crippen molar-refractivity contribution in [3.8, 4) is 0 Å². The van der Waals surface area contributed by atoms with Crippen LogP contribution in [0, 0.1) is 0 Å². The lowest BCUT2D eigenvalue weighted by molar-refractivity contribution is -0.0706. The molecule has 0 amide bonds. The Bertz CT molecular complexity index is 220.